The van der Waals surface area contributed by atoms with Crippen LogP contribution in [0.25, 0.3) is 0 Å². The second kappa shape index (κ2) is 6.39. The lowest BCUT2D eigenvalue weighted by Crippen LogP contribution is -2.43. The minimum absolute atomic E-state index is 0.366. The van der Waals surface area contributed by atoms with Crippen molar-refractivity contribution in [2.24, 2.45) is 0 Å². The molecule has 0 amide bonds. The molecule has 0 aromatic carbocycles. The van der Waals surface area contributed by atoms with E-state index in [1.807, 2.05) is 7.05 Å². The standard InChI is InChI=1S/C13H21ClN4O/c1-4-18-7-5-10(6-8-18)17(2)13-11(19-3)12(14)15-9-16-13/h9-10H,4-8H2,1-3H3. The third kappa shape index (κ3) is 3.09. The number of rotatable bonds is 4. The number of hydrogen-bond acceptors (Lipinski definition) is 5. The van der Waals surface area contributed by atoms with Crippen molar-refractivity contribution in [1.29, 1.82) is 0 Å². The van der Waals surface area contributed by atoms with Crippen LogP contribution in [-0.2, 0) is 0 Å². The zero-order valence-electron chi connectivity index (χ0n) is 11.8. The average molecular weight is 285 g/mol. The Kier molecular flexibility index (Phi) is 4.82. The molecule has 2 heterocycles. The van der Waals surface area contributed by atoms with Gasteiger partial charge in [-0.15, -0.1) is 0 Å². The van der Waals surface area contributed by atoms with Crippen LogP contribution in [0.3, 0.4) is 0 Å². The van der Waals surface area contributed by atoms with Crippen LogP contribution in [0.2, 0.25) is 5.15 Å². The number of likely N-dealkylation sites (tertiary alicyclic amines) is 1. The Morgan fingerprint density at radius 3 is 2.68 bits per heavy atom. The SMILES string of the molecule is CCN1CCC(N(C)c2ncnc(Cl)c2OC)CC1. The van der Waals surface area contributed by atoms with Crippen LogP contribution in [0.15, 0.2) is 6.33 Å². The number of anilines is 1. The van der Waals surface area contributed by atoms with Crippen molar-refractivity contribution < 1.29 is 4.74 Å². The second-order valence-electron chi connectivity index (χ2n) is 4.80. The lowest BCUT2D eigenvalue weighted by Gasteiger charge is -2.37. The number of halogens is 1. The van der Waals surface area contributed by atoms with Crippen molar-refractivity contribution in [3.8, 4) is 5.75 Å². The highest BCUT2D eigenvalue weighted by molar-refractivity contribution is 6.31. The number of nitrogens with zero attached hydrogens (tertiary/aromatic N) is 4. The van der Waals surface area contributed by atoms with Crippen LogP contribution in [0.5, 0.6) is 5.75 Å². The van der Waals surface area contributed by atoms with E-state index in [9.17, 15) is 0 Å². The summed E-state index contributed by atoms with van der Waals surface area (Å²) in [5.74, 6) is 1.34. The Balaban J connectivity index is 2.12. The van der Waals surface area contributed by atoms with Crippen molar-refractivity contribution in [2.75, 3.05) is 38.7 Å². The molecule has 1 aromatic rings. The van der Waals surface area contributed by atoms with Gasteiger partial charge in [0.1, 0.15) is 6.33 Å². The van der Waals surface area contributed by atoms with Crippen LogP contribution in [-0.4, -0.2) is 54.7 Å². The monoisotopic (exact) mass is 284 g/mol. The molecule has 0 atom stereocenters. The van der Waals surface area contributed by atoms with Gasteiger partial charge in [0.2, 0.25) is 0 Å². The summed E-state index contributed by atoms with van der Waals surface area (Å²) < 4.78 is 5.32. The highest BCUT2D eigenvalue weighted by Gasteiger charge is 2.25. The van der Waals surface area contributed by atoms with Crippen molar-refractivity contribution in [1.82, 2.24) is 14.9 Å². The zero-order chi connectivity index (χ0) is 13.8. The second-order valence-corrected chi connectivity index (χ2v) is 5.16. The summed E-state index contributed by atoms with van der Waals surface area (Å²) >= 11 is 6.05. The number of hydrogen-bond donors (Lipinski definition) is 0. The minimum Gasteiger partial charge on any atom is -0.490 e. The first-order chi connectivity index (χ1) is 9.17. The Bertz CT molecular complexity index is 421. The summed E-state index contributed by atoms with van der Waals surface area (Å²) in [6.07, 6.45) is 3.75. The van der Waals surface area contributed by atoms with Crippen molar-refractivity contribution in [3.63, 3.8) is 0 Å². The van der Waals surface area contributed by atoms with E-state index >= 15 is 0 Å². The molecule has 106 valence electrons. The summed E-state index contributed by atoms with van der Waals surface area (Å²) in [6.45, 7) is 5.59. The molecule has 0 N–H and O–H groups in total. The fourth-order valence-electron chi connectivity index (χ4n) is 2.57. The van der Waals surface area contributed by atoms with E-state index in [4.69, 9.17) is 16.3 Å². The molecular formula is C13H21ClN4O. The van der Waals surface area contributed by atoms with E-state index in [-0.39, 0.29) is 0 Å². The number of piperidine rings is 1. The predicted octanol–water partition coefficient (Wildman–Crippen LogP) is 2.06. The first-order valence-corrected chi connectivity index (χ1v) is 7.04. The number of ether oxygens (including phenoxy) is 1. The highest BCUT2D eigenvalue weighted by Crippen LogP contribution is 2.33. The molecule has 0 radical (unpaired) electrons. The van der Waals surface area contributed by atoms with Crippen molar-refractivity contribution in [3.05, 3.63) is 11.5 Å². The maximum atomic E-state index is 6.05. The van der Waals surface area contributed by atoms with E-state index in [0.717, 1.165) is 38.3 Å². The predicted molar refractivity (Wildman–Crippen MR) is 77.1 cm³/mol. The molecule has 0 spiro atoms. The van der Waals surface area contributed by atoms with Gasteiger partial charge in [0.05, 0.1) is 7.11 Å². The average Bonchev–Trinajstić information content (AvgIpc) is 2.46. The van der Waals surface area contributed by atoms with E-state index in [1.165, 1.54) is 6.33 Å². The van der Waals surface area contributed by atoms with Gasteiger partial charge in [-0.3, -0.25) is 0 Å². The molecule has 0 unspecified atom stereocenters. The molecule has 0 saturated carbocycles. The fraction of sp³-hybridized carbons (Fsp3) is 0.692. The Labute approximate surface area is 119 Å². The van der Waals surface area contributed by atoms with E-state index in [2.05, 4.69) is 26.7 Å². The van der Waals surface area contributed by atoms with E-state index in [1.54, 1.807) is 7.11 Å². The van der Waals surface area contributed by atoms with Crippen molar-refractivity contribution in [2.45, 2.75) is 25.8 Å². The Hall–Kier alpha value is -1.07. The van der Waals surface area contributed by atoms with Crippen LogP contribution < -0.4 is 9.64 Å². The fourth-order valence-corrected chi connectivity index (χ4v) is 2.77. The van der Waals surface area contributed by atoms with E-state index in [0.29, 0.717) is 16.9 Å². The summed E-state index contributed by atoms with van der Waals surface area (Å²) in [4.78, 5) is 12.9. The zero-order valence-corrected chi connectivity index (χ0v) is 12.5. The third-order valence-corrected chi connectivity index (χ3v) is 4.10. The summed E-state index contributed by atoms with van der Waals surface area (Å²) in [5.41, 5.74) is 0. The minimum atomic E-state index is 0.366. The lowest BCUT2D eigenvalue weighted by atomic mass is 10.0. The van der Waals surface area contributed by atoms with E-state index < -0.39 is 0 Å². The molecule has 6 heteroatoms. The van der Waals surface area contributed by atoms with Crippen LogP contribution >= 0.6 is 11.6 Å². The molecule has 0 aliphatic carbocycles. The van der Waals surface area contributed by atoms with Gasteiger partial charge in [-0.1, -0.05) is 18.5 Å². The Morgan fingerprint density at radius 1 is 1.42 bits per heavy atom. The van der Waals surface area contributed by atoms with Gasteiger partial charge in [-0.05, 0) is 19.4 Å². The van der Waals surface area contributed by atoms with Crippen LogP contribution in [0, 0.1) is 0 Å². The normalized spacial score (nSPS) is 17.5. The molecule has 2 rings (SSSR count). The molecule has 1 aliphatic heterocycles. The first kappa shape index (κ1) is 14.3. The maximum absolute atomic E-state index is 6.05. The highest BCUT2D eigenvalue weighted by atomic mass is 35.5. The molecule has 5 nitrogen and oxygen atoms in total. The Morgan fingerprint density at radius 2 is 2.11 bits per heavy atom. The lowest BCUT2D eigenvalue weighted by molar-refractivity contribution is 0.220. The maximum Gasteiger partial charge on any atom is 0.199 e. The van der Waals surface area contributed by atoms with Gasteiger partial charge in [-0.25, -0.2) is 9.97 Å². The molecule has 1 aliphatic rings. The third-order valence-electron chi connectivity index (χ3n) is 3.83. The number of aromatic nitrogens is 2. The summed E-state index contributed by atoms with van der Waals surface area (Å²) in [7, 11) is 3.65. The first-order valence-electron chi connectivity index (χ1n) is 6.67. The summed E-state index contributed by atoms with van der Waals surface area (Å²) in [6, 6.07) is 0.475. The quantitative estimate of drug-likeness (QED) is 0.792. The topological polar surface area (TPSA) is 41.5 Å². The molecule has 1 aromatic heterocycles. The molecule has 0 bridgehead atoms. The van der Waals surface area contributed by atoms with Gasteiger partial charge in [0, 0.05) is 26.2 Å². The van der Waals surface area contributed by atoms with Gasteiger partial charge >= 0.3 is 0 Å². The van der Waals surface area contributed by atoms with Crippen LogP contribution in [0.1, 0.15) is 19.8 Å². The van der Waals surface area contributed by atoms with Gasteiger partial charge in [0.25, 0.3) is 0 Å². The molecule has 19 heavy (non-hydrogen) atoms. The van der Waals surface area contributed by atoms with Gasteiger partial charge in [0.15, 0.2) is 16.7 Å². The van der Waals surface area contributed by atoms with Crippen LogP contribution in [0.4, 0.5) is 5.82 Å². The summed E-state index contributed by atoms with van der Waals surface area (Å²) in [5, 5.41) is 0.366. The molecule has 1 saturated heterocycles. The van der Waals surface area contributed by atoms with Gasteiger partial charge < -0.3 is 14.5 Å². The van der Waals surface area contributed by atoms with Crippen molar-refractivity contribution >= 4 is 17.4 Å². The number of methoxy groups -OCH3 is 1. The largest absolute Gasteiger partial charge is 0.490 e. The van der Waals surface area contributed by atoms with Gasteiger partial charge in [-0.2, -0.15) is 0 Å². The molecular weight excluding hydrogens is 264 g/mol. The molecule has 1 fully saturated rings. The smallest absolute Gasteiger partial charge is 0.199 e.